The Labute approximate surface area is 220 Å². The number of benzene rings is 2. The number of aromatic nitrogens is 2. The summed E-state index contributed by atoms with van der Waals surface area (Å²) >= 11 is 1.20. The molecule has 1 amide bonds. The van der Waals surface area contributed by atoms with Crippen LogP contribution in [0.25, 0.3) is 5.76 Å². The van der Waals surface area contributed by atoms with Crippen molar-refractivity contribution in [2.24, 2.45) is 5.92 Å². The minimum Gasteiger partial charge on any atom is -0.507 e. The Morgan fingerprint density at radius 2 is 1.78 bits per heavy atom. The molecule has 194 valence electrons. The van der Waals surface area contributed by atoms with Gasteiger partial charge < -0.3 is 14.6 Å². The van der Waals surface area contributed by atoms with E-state index in [-0.39, 0.29) is 16.5 Å². The average Bonchev–Trinajstić information content (AvgIpc) is 3.40. The van der Waals surface area contributed by atoms with Crippen molar-refractivity contribution in [2.45, 2.75) is 47.1 Å². The third-order valence-corrected chi connectivity index (χ3v) is 6.86. The summed E-state index contributed by atoms with van der Waals surface area (Å²) in [6.45, 7) is 10.8. The largest absolute Gasteiger partial charge is 0.507 e. The molecule has 1 aliphatic heterocycles. The normalized spacial score (nSPS) is 17.0. The summed E-state index contributed by atoms with van der Waals surface area (Å²) in [5.41, 5.74) is 2.02. The van der Waals surface area contributed by atoms with Crippen LogP contribution in [0.4, 0.5) is 5.13 Å². The van der Waals surface area contributed by atoms with Gasteiger partial charge in [0.05, 0.1) is 24.8 Å². The summed E-state index contributed by atoms with van der Waals surface area (Å²) < 4.78 is 11.8. The van der Waals surface area contributed by atoms with Crippen LogP contribution >= 0.6 is 11.3 Å². The van der Waals surface area contributed by atoms with E-state index in [4.69, 9.17) is 9.47 Å². The standard InChI is InChI=1S/C28H31N3O5S/c1-6-35-22-15-20(11-12-21(22)36-14-13-16(2)3)24-23(25(32)19-9-7-17(4)8-10-19)26(33)27(34)31(24)28-30-29-18(5)37-28/h7-12,15-16,24,32H,6,13-14H2,1-5H3. The summed E-state index contributed by atoms with van der Waals surface area (Å²) in [4.78, 5) is 27.9. The predicted molar refractivity (Wildman–Crippen MR) is 143 cm³/mol. The maximum absolute atomic E-state index is 13.3. The molecule has 1 saturated heterocycles. The van der Waals surface area contributed by atoms with E-state index in [1.54, 1.807) is 37.3 Å². The van der Waals surface area contributed by atoms with Gasteiger partial charge in [0.1, 0.15) is 10.8 Å². The highest BCUT2D eigenvalue weighted by molar-refractivity contribution is 7.15. The van der Waals surface area contributed by atoms with Gasteiger partial charge in [0, 0.05) is 5.56 Å². The molecule has 0 radical (unpaired) electrons. The number of carbonyl (C=O) groups excluding carboxylic acids is 2. The molecule has 1 unspecified atom stereocenters. The van der Waals surface area contributed by atoms with Crippen LogP contribution in [-0.2, 0) is 9.59 Å². The zero-order valence-corrected chi connectivity index (χ0v) is 22.5. The number of anilines is 1. The van der Waals surface area contributed by atoms with Gasteiger partial charge in [0.15, 0.2) is 11.5 Å². The number of carbonyl (C=O) groups is 2. The molecule has 1 atom stereocenters. The molecule has 1 aromatic heterocycles. The predicted octanol–water partition coefficient (Wildman–Crippen LogP) is 5.60. The number of aliphatic hydroxyl groups is 1. The van der Waals surface area contributed by atoms with Crippen molar-refractivity contribution in [3.63, 3.8) is 0 Å². The van der Waals surface area contributed by atoms with Crippen molar-refractivity contribution in [2.75, 3.05) is 18.1 Å². The first-order valence-electron chi connectivity index (χ1n) is 12.3. The Morgan fingerprint density at radius 3 is 2.41 bits per heavy atom. The second-order valence-electron chi connectivity index (χ2n) is 9.31. The number of nitrogens with zero attached hydrogens (tertiary/aromatic N) is 3. The summed E-state index contributed by atoms with van der Waals surface area (Å²) in [7, 11) is 0. The second kappa shape index (κ2) is 11.1. The van der Waals surface area contributed by atoms with Crippen molar-refractivity contribution in [1.82, 2.24) is 10.2 Å². The number of aliphatic hydroxyl groups excluding tert-OH is 1. The highest BCUT2D eigenvalue weighted by Crippen LogP contribution is 2.44. The number of hydrogen-bond donors (Lipinski definition) is 1. The number of Topliss-reactive ketones (excluding diaryl/α,β-unsaturated/α-hetero) is 1. The Kier molecular flexibility index (Phi) is 7.92. The minimum atomic E-state index is -0.919. The van der Waals surface area contributed by atoms with Gasteiger partial charge in [-0.3, -0.25) is 14.5 Å². The van der Waals surface area contributed by atoms with E-state index in [0.717, 1.165) is 12.0 Å². The first kappa shape index (κ1) is 26.3. The number of ketones is 1. The van der Waals surface area contributed by atoms with Gasteiger partial charge in [0.25, 0.3) is 5.78 Å². The van der Waals surface area contributed by atoms with Crippen molar-refractivity contribution in [3.8, 4) is 11.5 Å². The molecule has 2 aromatic carbocycles. The summed E-state index contributed by atoms with van der Waals surface area (Å²) in [5, 5.41) is 20.4. The Balaban J connectivity index is 1.85. The van der Waals surface area contributed by atoms with E-state index in [9.17, 15) is 14.7 Å². The summed E-state index contributed by atoms with van der Waals surface area (Å²) in [5.74, 6) is -0.239. The van der Waals surface area contributed by atoms with E-state index < -0.39 is 17.7 Å². The monoisotopic (exact) mass is 521 g/mol. The molecule has 1 fully saturated rings. The molecular weight excluding hydrogens is 490 g/mol. The number of ether oxygens (including phenoxy) is 2. The van der Waals surface area contributed by atoms with Crippen LogP contribution in [0.5, 0.6) is 11.5 Å². The second-order valence-corrected chi connectivity index (χ2v) is 10.5. The molecule has 1 N–H and O–H groups in total. The van der Waals surface area contributed by atoms with Gasteiger partial charge in [-0.15, -0.1) is 10.2 Å². The first-order valence-corrected chi connectivity index (χ1v) is 13.1. The lowest BCUT2D eigenvalue weighted by atomic mass is 9.95. The third-order valence-electron chi connectivity index (χ3n) is 6.03. The topological polar surface area (TPSA) is 102 Å². The fourth-order valence-electron chi connectivity index (χ4n) is 4.08. The van der Waals surface area contributed by atoms with Crippen LogP contribution in [-0.4, -0.2) is 40.2 Å². The van der Waals surface area contributed by atoms with Crippen molar-refractivity contribution in [1.29, 1.82) is 0 Å². The van der Waals surface area contributed by atoms with Crippen molar-refractivity contribution in [3.05, 3.63) is 69.7 Å². The van der Waals surface area contributed by atoms with Crippen LogP contribution in [0.1, 0.15) is 54.9 Å². The molecule has 37 heavy (non-hydrogen) atoms. The lowest BCUT2D eigenvalue weighted by Crippen LogP contribution is -2.29. The van der Waals surface area contributed by atoms with Gasteiger partial charge in [-0.2, -0.15) is 0 Å². The van der Waals surface area contributed by atoms with Gasteiger partial charge >= 0.3 is 5.91 Å². The van der Waals surface area contributed by atoms with Gasteiger partial charge in [-0.05, 0) is 50.8 Å². The van der Waals surface area contributed by atoms with E-state index in [1.807, 2.05) is 26.0 Å². The highest BCUT2D eigenvalue weighted by atomic mass is 32.1. The van der Waals surface area contributed by atoms with Gasteiger partial charge in [-0.1, -0.05) is 61.1 Å². The summed E-state index contributed by atoms with van der Waals surface area (Å²) in [6.07, 6.45) is 0.889. The van der Waals surface area contributed by atoms with Gasteiger partial charge in [0.2, 0.25) is 5.13 Å². The summed E-state index contributed by atoms with van der Waals surface area (Å²) in [6, 6.07) is 11.5. The Hall–Kier alpha value is -3.72. The fourth-order valence-corrected chi connectivity index (χ4v) is 4.80. The number of rotatable bonds is 9. The lowest BCUT2D eigenvalue weighted by molar-refractivity contribution is -0.132. The van der Waals surface area contributed by atoms with Crippen LogP contribution < -0.4 is 14.4 Å². The smallest absolute Gasteiger partial charge is 0.301 e. The molecule has 0 spiro atoms. The van der Waals surface area contributed by atoms with Crippen LogP contribution in [0, 0.1) is 19.8 Å². The highest BCUT2D eigenvalue weighted by Gasteiger charge is 2.48. The van der Waals surface area contributed by atoms with Crippen molar-refractivity contribution >= 4 is 33.9 Å². The molecular formula is C28H31N3O5S. The Bertz CT molecular complexity index is 1330. The molecule has 8 nitrogen and oxygen atoms in total. The SMILES string of the molecule is CCOc1cc(C2C(=C(O)c3ccc(C)cc3)C(=O)C(=O)N2c2nnc(C)s2)ccc1OCCC(C)C. The van der Waals surface area contributed by atoms with E-state index >= 15 is 0 Å². The Morgan fingerprint density at radius 1 is 1.05 bits per heavy atom. The zero-order chi connectivity index (χ0) is 26.7. The molecule has 4 rings (SSSR count). The molecule has 3 aromatic rings. The van der Waals surface area contributed by atoms with Gasteiger partial charge in [-0.25, -0.2) is 0 Å². The van der Waals surface area contributed by atoms with Crippen LogP contribution in [0.3, 0.4) is 0 Å². The number of aryl methyl sites for hydroxylation is 2. The molecule has 0 saturated carbocycles. The zero-order valence-electron chi connectivity index (χ0n) is 21.6. The average molecular weight is 522 g/mol. The first-order chi connectivity index (χ1) is 17.7. The number of hydrogen-bond acceptors (Lipinski definition) is 8. The molecule has 1 aliphatic rings. The van der Waals surface area contributed by atoms with E-state index in [1.165, 1.54) is 16.2 Å². The number of amides is 1. The molecule has 2 heterocycles. The maximum atomic E-state index is 13.3. The van der Waals surface area contributed by atoms with Crippen LogP contribution in [0.2, 0.25) is 0 Å². The van der Waals surface area contributed by atoms with Crippen molar-refractivity contribution < 1.29 is 24.2 Å². The van der Waals surface area contributed by atoms with Crippen LogP contribution in [0.15, 0.2) is 48.0 Å². The minimum absolute atomic E-state index is 0.0161. The quantitative estimate of drug-likeness (QED) is 0.222. The fraction of sp³-hybridized carbons (Fsp3) is 0.357. The van der Waals surface area contributed by atoms with E-state index in [2.05, 4.69) is 24.0 Å². The lowest BCUT2D eigenvalue weighted by Gasteiger charge is -2.24. The third kappa shape index (κ3) is 5.51. The maximum Gasteiger partial charge on any atom is 0.301 e. The molecule has 0 bridgehead atoms. The van der Waals surface area contributed by atoms with E-state index in [0.29, 0.717) is 46.8 Å². The molecule has 0 aliphatic carbocycles. The molecule has 9 heteroatoms.